The van der Waals surface area contributed by atoms with Crippen LogP contribution in [0.2, 0.25) is 0 Å². The highest BCUT2D eigenvalue weighted by Crippen LogP contribution is 2.35. The smallest absolute Gasteiger partial charge is 0.162 e. The summed E-state index contributed by atoms with van der Waals surface area (Å²) in [7, 11) is 0. The molecule has 114 valence electrons. The second-order valence-electron chi connectivity index (χ2n) is 6.57. The molecule has 0 N–H and O–H groups in total. The van der Waals surface area contributed by atoms with Crippen LogP contribution in [0, 0.1) is 0 Å². The second-order valence-corrected chi connectivity index (χ2v) is 6.57. The Morgan fingerprint density at radius 1 is 0.800 bits per heavy atom. The maximum absolute atomic E-state index is 6.19. The molecule has 0 spiro atoms. The van der Waals surface area contributed by atoms with Crippen LogP contribution in [0.1, 0.15) is 66.9 Å². The Balaban J connectivity index is 3.10. The van der Waals surface area contributed by atoms with Crippen LogP contribution >= 0.6 is 0 Å². The average Bonchev–Trinajstić information content (AvgIpc) is 2.40. The van der Waals surface area contributed by atoms with E-state index in [2.05, 4.69) is 60.6 Å². The van der Waals surface area contributed by atoms with Crippen molar-refractivity contribution < 1.29 is 9.47 Å². The Bertz CT molecular complexity index is 433. The monoisotopic (exact) mass is 278 g/mol. The molecule has 0 aliphatic carbocycles. The van der Waals surface area contributed by atoms with Crippen molar-refractivity contribution in [3.8, 4) is 11.5 Å². The van der Waals surface area contributed by atoms with E-state index < -0.39 is 0 Å². The quantitative estimate of drug-likeness (QED) is 0.666. The summed E-state index contributed by atoms with van der Waals surface area (Å²) in [5.41, 5.74) is 0.914. The van der Waals surface area contributed by atoms with Crippen LogP contribution in [0.15, 0.2) is 18.2 Å². The van der Waals surface area contributed by atoms with Gasteiger partial charge in [-0.25, -0.2) is 0 Å². The lowest BCUT2D eigenvalue weighted by Gasteiger charge is -2.30. The van der Waals surface area contributed by atoms with Gasteiger partial charge in [-0.1, -0.05) is 26.8 Å². The molecule has 0 aromatic heterocycles. The van der Waals surface area contributed by atoms with E-state index in [1.165, 1.54) is 5.56 Å². The van der Waals surface area contributed by atoms with E-state index in [0.717, 1.165) is 30.8 Å². The number of benzene rings is 1. The lowest BCUT2D eigenvalue weighted by atomic mass is 10.1. The van der Waals surface area contributed by atoms with Crippen molar-refractivity contribution in [3.63, 3.8) is 0 Å². The summed E-state index contributed by atoms with van der Waals surface area (Å²) in [6.07, 6.45) is 2.92. The van der Waals surface area contributed by atoms with Gasteiger partial charge in [-0.3, -0.25) is 0 Å². The number of rotatable bonds is 7. The molecule has 0 fully saturated rings. The number of hydrogen-bond acceptors (Lipinski definition) is 2. The zero-order valence-corrected chi connectivity index (χ0v) is 14.2. The minimum atomic E-state index is -0.180. The fourth-order valence-electron chi connectivity index (χ4n) is 1.68. The lowest BCUT2D eigenvalue weighted by molar-refractivity contribution is 0.0728. The van der Waals surface area contributed by atoms with Gasteiger partial charge >= 0.3 is 0 Å². The first kappa shape index (κ1) is 16.9. The molecule has 0 aliphatic heterocycles. The average molecular weight is 278 g/mol. The Morgan fingerprint density at radius 2 is 1.30 bits per heavy atom. The summed E-state index contributed by atoms with van der Waals surface area (Å²) in [6.45, 7) is 14.9. The first-order chi connectivity index (χ1) is 9.23. The molecule has 0 unspecified atom stereocenters. The third kappa shape index (κ3) is 4.73. The van der Waals surface area contributed by atoms with Gasteiger partial charge in [0.05, 0.1) is 0 Å². The summed E-state index contributed by atoms with van der Waals surface area (Å²) in [5.74, 6) is 1.70. The predicted octanol–water partition coefficient (Wildman–Crippen LogP) is 5.38. The summed E-state index contributed by atoms with van der Waals surface area (Å²) in [4.78, 5) is 0. The number of ether oxygens (including phenoxy) is 2. The van der Waals surface area contributed by atoms with Gasteiger partial charge in [-0.15, -0.1) is 0 Å². The van der Waals surface area contributed by atoms with Crippen LogP contribution in [0.25, 0.3) is 0 Å². The van der Waals surface area contributed by atoms with Crippen LogP contribution in [0.5, 0.6) is 11.5 Å². The number of aryl methyl sites for hydroxylation is 1. The molecule has 2 nitrogen and oxygen atoms in total. The first-order valence-corrected chi connectivity index (χ1v) is 7.74. The van der Waals surface area contributed by atoms with Gasteiger partial charge in [-0.2, -0.15) is 0 Å². The summed E-state index contributed by atoms with van der Waals surface area (Å²) < 4.78 is 12.3. The molecule has 1 aromatic rings. The Hall–Kier alpha value is -1.18. The molecule has 1 rings (SSSR count). The Labute approximate surface area is 124 Å². The Morgan fingerprint density at radius 3 is 1.75 bits per heavy atom. The van der Waals surface area contributed by atoms with E-state index in [1.807, 2.05) is 6.07 Å². The molecule has 0 saturated carbocycles. The van der Waals surface area contributed by atoms with E-state index in [0.29, 0.717) is 0 Å². The second kappa shape index (κ2) is 6.51. The standard InChI is InChI=1S/C18H30O2/c1-8-14-11-12-15(19-17(4,5)9-2)16(13-14)20-18(6,7)10-3/h11-13H,8-10H2,1-7H3. The highest BCUT2D eigenvalue weighted by Gasteiger charge is 2.23. The summed E-state index contributed by atoms with van der Waals surface area (Å²) in [5, 5.41) is 0. The molecule has 0 heterocycles. The van der Waals surface area contributed by atoms with Gasteiger partial charge in [0.15, 0.2) is 11.5 Å². The topological polar surface area (TPSA) is 18.5 Å². The minimum absolute atomic E-state index is 0.178. The number of hydrogen-bond donors (Lipinski definition) is 0. The fraction of sp³-hybridized carbons (Fsp3) is 0.667. The van der Waals surface area contributed by atoms with Gasteiger partial charge in [-0.05, 0) is 64.7 Å². The molecule has 20 heavy (non-hydrogen) atoms. The third-order valence-electron chi connectivity index (χ3n) is 3.89. The van der Waals surface area contributed by atoms with Crippen LogP contribution in [-0.2, 0) is 6.42 Å². The third-order valence-corrected chi connectivity index (χ3v) is 3.89. The van der Waals surface area contributed by atoms with Gasteiger partial charge in [0.2, 0.25) is 0 Å². The van der Waals surface area contributed by atoms with Gasteiger partial charge in [0.25, 0.3) is 0 Å². The van der Waals surface area contributed by atoms with Crippen molar-refractivity contribution in [2.75, 3.05) is 0 Å². The van der Waals surface area contributed by atoms with Crippen molar-refractivity contribution in [1.29, 1.82) is 0 Å². The van der Waals surface area contributed by atoms with Crippen molar-refractivity contribution in [2.24, 2.45) is 0 Å². The zero-order valence-electron chi connectivity index (χ0n) is 14.2. The largest absolute Gasteiger partial charge is 0.484 e. The van der Waals surface area contributed by atoms with Crippen LogP contribution in [-0.4, -0.2) is 11.2 Å². The van der Waals surface area contributed by atoms with Crippen molar-refractivity contribution in [1.82, 2.24) is 0 Å². The van der Waals surface area contributed by atoms with E-state index >= 15 is 0 Å². The molecule has 1 aromatic carbocycles. The Kier molecular flexibility index (Phi) is 5.50. The summed E-state index contributed by atoms with van der Waals surface area (Å²) >= 11 is 0. The van der Waals surface area contributed by atoms with Crippen molar-refractivity contribution in [3.05, 3.63) is 23.8 Å². The molecular weight excluding hydrogens is 248 g/mol. The maximum Gasteiger partial charge on any atom is 0.162 e. The zero-order chi connectivity index (χ0) is 15.4. The highest BCUT2D eigenvalue weighted by molar-refractivity contribution is 5.43. The van der Waals surface area contributed by atoms with Gasteiger partial charge in [0.1, 0.15) is 11.2 Å². The molecule has 0 saturated heterocycles. The fourth-order valence-corrected chi connectivity index (χ4v) is 1.68. The minimum Gasteiger partial charge on any atom is -0.484 e. The van der Waals surface area contributed by atoms with E-state index in [9.17, 15) is 0 Å². The SMILES string of the molecule is CCc1ccc(OC(C)(C)CC)c(OC(C)(C)CC)c1. The molecule has 0 atom stereocenters. The molecule has 0 aliphatic rings. The maximum atomic E-state index is 6.19. The lowest BCUT2D eigenvalue weighted by Crippen LogP contribution is -2.30. The highest BCUT2D eigenvalue weighted by atomic mass is 16.5. The van der Waals surface area contributed by atoms with Gasteiger partial charge in [0, 0.05) is 0 Å². The van der Waals surface area contributed by atoms with Crippen molar-refractivity contribution >= 4 is 0 Å². The molecular formula is C18H30O2. The van der Waals surface area contributed by atoms with Crippen LogP contribution in [0.3, 0.4) is 0 Å². The molecule has 0 radical (unpaired) electrons. The van der Waals surface area contributed by atoms with Gasteiger partial charge < -0.3 is 9.47 Å². The normalized spacial score (nSPS) is 12.3. The van der Waals surface area contributed by atoms with E-state index in [1.54, 1.807) is 0 Å². The van der Waals surface area contributed by atoms with E-state index in [-0.39, 0.29) is 11.2 Å². The van der Waals surface area contributed by atoms with Crippen molar-refractivity contribution in [2.45, 2.75) is 78.9 Å². The van der Waals surface area contributed by atoms with E-state index in [4.69, 9.17) is 9.47 Å². The predicted molar refractivity (Wildman–Crippen MR) is 85.8 cm³/mol. The molecule has 0 bridgehead atoms. The summed E-state index contributed by atoms with van der Waals surface area (Å²) in [6, 6.07) is 6.27. The van der Waals surface area contributed by atoms with Crippen LogP contribution < -0.4 is 9.47 Å². The van der Waals surface area contributed by atoms with Crippen LogP contribution in [0.4, 0.5) is 0 Å². The molecule has 0 amide bonds. The molecule has 2 heteroatoms. The first-order valence-electron chi connectivity index (χ1n) is 7.74.